The first-order valence-corrected chi connectivity index (χ1v) is 10.1. The van der Waals surface area contributed by atoms with Crippen LogP contribution in [0.5, 0.6) is 0 Å². The van der Waals surface area contributed by atoms with Gasteiger partial charge in [-0.2, -0.15) is 0 Å². The van der Waals surface area contributed by atoms with E-state index in [4.69, 9.17) is 15.4 Å². The van der Waals surface area contributed by atoms with Crippen molar-refractivity contribution in [2.24, 2.45) is 5.41 Å². The zero-order valence-corrected chi connectivity index (χ0v) is 13.6. The molecule has 21 heavy (non-hydrogen) atoms. The normalized spacial score (nSPS) is 33.4. The maximum Gasteiger partial charge on any atom is 0.235 e. The van der Waals surface area contributed by atoms with Crippen molar-refractivity contribution >= 4 is 19.7 Å². The summed E-state index contributed by atoms with van der Waals surface area (Å²) in [6.07, 6.45) is 5.01. The van der Waals surface area contributed by atoms with Crippen LogP contribution in [0, 0.1) is 5.41 Å². The van der Waals surface area contributed by atoms with Crippen LogP contribution in [0.25, 0.3) is 0 Å². The zero-order valence-electron chi connectivity index (χ0n) is 12.0. The van der Waals surface area contributed by atoms with Crippen LogP contribution in [0.15, 0.2) is 30.3 Å². The molecule has 0 N–H and O–H groups in total. The summed E-state index contributed by atoms with van der Waals surface area (Å²) in [6, 6.07) is 10.6. The molecule has 0 aromatic heterocycles. The molecule has 2 fully saturated rings. The lowest BCUT2D eigenvalue weighted by Gasteiger charge is -2.40. The summed E-state index contributed by atoms with van der Waals surface area (Å²) in [5.41, 5.74) is 1.42. The maximum atomic E-state index is 11.4. The van der Waals surface area contributed by atoms with Crippen molar-refractivity contribution in [2.45, 2.75) is 44.1 Å². The predicted octanol–water partition coefficient (Wildman–Crippen LogP) is 3.69. The molecule has 1 aromatic rings. The Morgan fingerprint density at radius 3 is 2.43 bits per heavy atom. The van der Waals surface area contributed by atoms with Crippen molar-refractivity contribution in [2.75, 3.05) is 12.4 Å². The van der Waals surface area contributed by atoms with Crippen LogP contribution in [0.1, 0.15) is 43.6 Å². The summed E-state index contributed by atoms with van der Waals surface area (Å²) in [5.74, 6) is 0.538. The van der Waals surface area contributed by atoms with Crippen molar-refractivity contribution in [1.29, 1.82) is 0 Å². The molecular formula is C16H21ClO3S. The second kappa shape index (κ2) is 5.90. The number of hydrogen-bond acceptors (Lipinski definition) is 3. The van der Waals surface area contributed by atoms with Crippen molar-refractivity contribution in [3.8, 4) is 0 Å². The standard InChI is InChI=1S/C16H21ClO3S/c17-21(18,19)12-15-16(10-11-20-15)8-6-14(7-9-16)13-4-2-1-3-5-13/h1-5,14-15H,6-12H2. The molecule has 1 heterocycles. The number of ether oxygens (including phenoxy) is 1. The number of hydrogen-bond donors (Lipinski definition) is 0. The minimum absolute atomic E-state index is 0.0211. The zero-order chi connectivity index (χ0) is 14.9. The van der Waals surface area contributed by atoms with Gasteiger partial charge in [-0.1, -0.05) is 30.3 Å². The van der Waals surface area contributed by atoms with Crippen molar-refractivity contribution < 1.29 is 13.2 Å². The molecule has 0 radical (unpaired) electrons. The van der Waals surface area contributed by atoms with Gasteiger partial charge in [-0.15, -0.1) is 0 Å². The van der Waals surface area contributed by atoms with Crippen LogP contribution in [-0.2, 0) is 13.8 Å². The van der Waals surface area contributed by atoms with E-state index in [9.17, 15) is 8.42 Å². The monoisotopic (exact) mass is 328 g/mol. The highest BCUT2D eigenvalue weighted by Gasteiger charge is 2.47. The molecule has 1 saturated carbocycles. The molecule has 1 saturated heterocycles. The summed E-state index contributed by atoms with van der Waals surface area (Å²) >= 11 is 0. The molecule has 1 atom stereocenters. The van der Waals surface area contributed by atoms with Gasteiger partial charge >= 0.3 is 0 Å². The van der Waals surface area contributed by atoms with Crippen LogP contribution < -0.4 is 0 Å². The van der Waals surface area contributed by atoms with E-state index in [1.807, 2.05) is 6.07 Å². The van der Waals surface area contributed by atoms with Gasteiger partial charge in [-0.3, -0.25) is 0 Å². The first-order chi connectivity index (χ1) is 9.99. The predicted molar refractivity (Wildman–Crippen MR) is 84.1 cm³/mol. The summed E-state index contributed by atoms with van der Waals surface area (Å²) in [7, 11) is 1.93. The topological polar surface area (TPSA) is 43.4 Å². The molecule has 1 aromatic carbocycles. The Morgan fingerprint density at radius 2 is 1.81 bits per heavy atom. The van der Waals surface area contributed by atoms with E-state index in [2.05, 4.69) is 24.3 Å². The molecule has 1 aliphatic carbocycles. The van der Waals surface area contributed by atoms with E-state index in [1.165, 1.54) is 5.56 Å². The van der Waals surface area contributed by atoms with Gasteiger partial charge < -0.3 is 4.74 Å². The third-order valence-electron chi connectivity index (χ3n) is 5.20. The molecular weight excluding hydrogens is 308 g/mol. The number of halogens is 1. The smallest absolute Gasteiger partial charge is 0.235 e. The minimum Gasteiger partial charge on any atom is -0.377 e. The van der Waals surface area contributed by atoms with Gasteiger partial charge in [0.1, 0.15) is 0 Å². The first kappa shape index (κ1) is 15.3. The molecule has 0 bridgehead atoms. The lowest BCUT2D eigenvalue weighted by molar-refractivity contribution is 0.0412. The van der Waals surface area contributed by atoms with Gasteiger partial charge in [-0.05, 0) is 49.0 Å². The van der Waals surface area contributed by atoms with E-state index < -0.39 is 9.05 Å². The summed E-state index contributed by atoms with van der Waals surface area (Å²) in [6.45, 7) is 0.660. The Bertz CT molecular complexity index is 577. The minimum atomic E-state index is -3.50. The second-order valence-electron chi connectivity index (χ2n) is 6.36. The Balaban J connectivity index is 1.69. The second-order valence-corrected chi connectivity index (χ2v) is 9.18. The maximum absolute atomic E-state index is 11.4. The fraction of sp³-hybridized carbons (Fsp3) is 0.625. The third-order valence-corrected chi connectivity index (χ3v) is 6.28. The number of rotatable bonds is 3. The van der Waals surface area contributed by atoms with Crippen molar-refractivity contribution in [3.63, 3.8) is 0 Å². The highest BCUT2D eigenvalue weighted by atomic mass is 35.7. The van der Waals surface area contributed by atoms with E-state index in [0.717, 1.165) is 32.1 Å². The van der Waals surface area contributed by atoms with Gasteiger partial charge in [0, 0.05) is 17.3 Å². The van der Waals surface area contributed by atoms with E-state index in [-0.39, 0.29) is 17.3 Å². The molecule has 1 unspecified atom stereocenters. The first-order valence-electron chi connectivity index (χ1n) is 7.57. The average Bonchev–Trinajstić information content (AvgIpc) is 2.81. The molecule has 3 rings (SSSR count). The number of benzene rings is 1. The van der Waals surface area contributed by atoms with Gasteiger partial charge in [0.25, 0.3) is 0 Å². The van der Waals surface area contributed by atoms with E-state index in [1.54, 1.807) is 0 Å². The quantitative estimate of drug-likeness (QED) is 0.795. The fourth-order valence-corrected chi connectivity index (χ4v) is 5.13. The highest BCUT2D eigenvalue weighted by Crippen LogP contribution is 2.51. The van der Waals surface area contributed by atoms with Crippen LogP contribution in [0.2, 0.25) is 0 Å². The van der Waals surface area contributed by atoms with Gasteiger partial charge in [-0.25, -0.2) is 8.42 Å². The summed E-state index contributed by atoms with van der Waals surface area (Å²) in [5, 5.41) is 0. The fourth-order valence-electron chi connectivity index (χ4n) is 3.97. The summed E-state index contributed by atoms with van der Waals surface area (Å²) < 4.78 is 28.5. The van der Waals surface area contributed by atoms with Gasteiger partial charge in [0.05, 0.1) is 11.9 Å². The Kier molecular flexibility index (Phi) is 4.30. The highest BCUT2D eigenvalue weighted by molar-refractivity contribution is 8.13. The Morgan fingerprint density at radius 1 is 1.14 bits per heavy atom. The largest absolute Gasteiger partial charge is 0.377 e. The molecule has 1 spiro atoms. The van der Waals surface area contributed by atoms with Crippen LogP contribution in [0.4, 0.5) is 0 Å². The van der Waals surface area contributed by atoms with Crippen LogP contribution in [-0.4, -0.2) is 26.9 Å². The molecule has 5 heteroatoms. The molecule has 1 aliphatic heterocycles. The Labute approximate surface area is 131 Å². The molecule has 3 nitrogen and oxygen atoms in total. The van der Waals surface area contributed by atoms with Crippen LogP contribution >= 0.6 is 10.7 Å². The molecule has 116 valence electrons. The van der Waals surface area contributed by atoms with Gasteiger partial charge in [0.2, 0.25) is 9.05 Å². The van der Waals surface area contributed by atoms with E-state index in [0.29, 0.717) is 12.5 Å². The summed E-state index contributed by atoms with van der Waals surface area (Å²) in [4.78, 5) is 0. The molecule has 0 amide bonds. The lowest BCUT2D eigenvalue weighted by atomic mass is 9.66. The van der Waals surface area contributed by atoms with Crippen LogP contribution in [0.3, 0.4) is 0 Å². The van der Waals surface area contributed by atoms with Gasteiger partial charge in [0.15, 0.2) is 0 Å². The van der Waals surface area contributed by atoms with Crippen molar-refractivity contribution in [1.82, 2.24) is 0 Å². The van der Waals surface area contributed by atoms with E-state index >= 15 is 0 Å². The SMILES string of the molecule is O=S(=O)(Cl)CC1OCCC12CCC(c1ccccc1)CC2. The Hall–Kier alpha value is -0.580. The molecule has 2 aliphatic rings. The third kappa shape index (κ3) is 3.43. The lowest BCUT2D eigenvalue weighted by Crippen LogP contribution is -2.38. The average molecular weight is 329 g/mol. The van der Waals surface area contributed by atoms with Crippen molar-refractivity contribution in [3.05, 3.63) is 35.9 Å².